The molecule has 0 atom stereocenters. The first-order chi connectivity index (χ1) is 16.0. The molecule has 5 nitrogen and oxygen atoms in total. The Morgan fingerprint density at radius 3 is 2.42 bits per heavy atom. The third-order valence-corrected chi connectivity index (χ3v) is 6.75. The molecule has 6 heteroatoms. The van der Waals surface area contributed by atoms with Crippen LogP contribution in [0.15, 0.2) is 66.7 Å². The van der Waals surface area contributed by atoms with E-state index in [2.05, 4.69) is 13.8 Å². The van der Waals surface area contributed by atoms with Crippen molar-refractivity contribution in [2.45, 2.75) is 33.2 Å². The molecule has 4 aromatic rings. The molecular formula is C27H28N2O3S. The summed E-state index contributed by atoms with van der Waals surface area (Å²) in [5.41, 5.74) is 4.13. The first-order valence-corrected chi connectivity index (χ1v) is 11.8. The summed E-state index contributed by atoms with van der Waals surface area (Å²) in [5.74, 6) is 1.67. The first-order valence-electron chi connectivity index (χ1n) is 11.0. The Bertz CT molecular complexity index is 1230. The maximum Gasteiger partial charge on any atom is 0.267 e. The average Bonchev–Trinajstić information content (AvgIpc) is 3.28. The predicted octanol–water partition coefficient (Wildman–Crippen LogP) is 6.35. The first kappa shape index (κ1) is 22.8. The summed E-state index contributed by atoms with van der Waals surface area (Å²) in [5, 5.41) is 0.630. The lowest BCUT2D eigenvalue weighted by molar-refractivity contribution is -0.120. The third-order valence-electron chi connectivity index (χ3n) is 5.54. The minimum atomic E-state index is -0.150. The molecule has 0 aliphatic carbocycles. The average molecular weight is 461 g/mol. The largest absolute Gasteiger partial charge is 0.494 e. The molecular weight excluding hydrogens is 432 g/mol. The van der Waals surface area contributed by atoms with Gasteiger partial charge in [0.2, 0.25) is 0 Å². The summed E-state index contributed by atoms with van der Waals surface area (Å²) in [6.07, 6.45) is 0. The monoisotopic (exact) mass is 460 g/mol. The molecule has 1 amide bonds. The second kappa shape index (κ2) is 10.0. The Balaban J connectivity index is 1.61. The topological polar surface area (TPSA) is 51.7 Å². The molecule has 0 N–H and O–H groups in total. The van der Waals surface area contributed by atoms with Gasteiger partial charge in [0.25, 0.3) is 5.91 Å². The summed E-state index contributed by atoms with van der Waals surface area (Å²) < 4.78 is 12.4. The fourth-order valence-electron chi connectivity index (χ4n) is 3.58. The maximum absolute atomic E-state index is 13.3. The predicted molar refractivity (Wildman–Crippen MR) is 135 cm³/mol. The van der Waals surface area contributed by atoms with Gasteiger partial charge in [-0.25, -0.2) is 4.98 Å². The Morgan fingerprint density at radius 1 is 1.03 bits per heavy atom. The van der Waals surface area contributed by atoms with Crippen molar-refractivity contribution in [3.8, 4) is 11.5 Å². The van der Waals surface area contributed by atoms with E-state index in [1.165, 1.54) is 16.9 Å². The van der Waals surface area contributed by atoms with Gasteiger partial charge in [0.05, 0.1) is 18.4 Å². The quantitative estimate of drug-likeness (QED) is 0.307. The van der Waals surface area contributed by atoms with Crippen molar-refractivity contribution in [2.75, 3.05) is 18.6 Å². The van der Waals surface area contributed by atoms with Crippen LogP contribution in [0.5, 0.6) is 11.5 Å². The zero-order valence-corrected chi connectivity index (χ0v) is 20.2. The van der Waals surface area contributed by atoms with Crippen LogP contribution in [0, 0.1) is 6.92 Å². The van der Waals surface area contributed by atoms with Crippen molar-refractivity contribution in [3.05, 3.63) is 83.4 Å². The number of carbonyl (C=O) groups excluding carboxylic acids is 1. The molecule has 0 fully saturated rings. The Labute approximate surface area is 198 Å². The van der Waals surface area contributed by atoms with Crippen LogP contribution < -0.4 is 14.4 Å². The van der Waals surface area contributed by atoms with Crippen molar-refractivity contribution < 1.29 is 14.3 Å². The van der Waals surface area contributed by atoms with Crippen LogP contribution in [-0.2, 0) is 11.3 Å². The number of aromatic nitrogens is 1. The van der Waals surface area contributed by atoms with Gasteiger partial charge in [0, 0.05) is 0 Å². The van der Waals surface area contributed by atoms with Crippen LogP contribution >= 0.6 is 11.3 Å². The lowest BCUT2D eigenvalue weighted by Gasteiger charge is -2.20. The SMILES string of the molecule is COc1ccc(C)c2sc(N(Cc3ccccc3)C(=O)COc3ccc(C(C)C)cc3)nc12. The van der Waals surface area contributed by atoms with Gasteiger partial charge in [-0.1, -0.05) is 73.7 Å². The van der Waals surface area contributed by atoms with Crippen molar-refractivity contribution >= 4 is 32.6 Å². The van der Waals surface area contributed by atoms with Crippen LogP contribution in [0.2, 0.25) is 0 Å². The number of amides is 1. The number of thiazole rings is 1. The smallest absolute Gasteiger partial charge is 0.267 e. The fraction of sp³-hybridized carbons (Fsp3) is 0.259. The lowest BCUT2D eigenvalue weighted by Crippen LogP contribution is -2.34. The molecule has 0 aliphatic heterocycles. The molecule has 0 unspecified atom stereocenters. The standard InChI is InChI=1S/C27H28N2O3S/c1-18(2)21-11-13-22(14-12-21)32-17-24(30)29(16-20-8-6-5-7-9-20)27-28-25-23(31-4)15-10-19(3)26(25)33-27/h5-15,18H,16-17H2,1-4H3. The van der Waals surface area contributed by atoms with Crippen molar-refractivity contribution in [3.63, 3.8) is 0 Å². The van der Waals surface area contributed by atoms with Gasteiger partial charge in [-0.15, -0.1) is 0 Å². The summed E-state index contributed by atoms with van der Waals surface area (Å²) in [6, 6.07) is 21.7. The highest BCUT2D eigenvalue weighted by Crippen LogP contribution is 2.37. The summed E-state index contributed by atoms with van der Waals surface area (Å²) in [6.45, 7) is 6.68. The van der Waals surface area contributed by atoms with Gasteiger partial charge in [0.1, 0.15) is 17.0 Å². The zero-order chi connectivity index (χ0) is 23.4. The molecule has 170 valence electrons. The highest BCUT2D eigenvalue weighted by Gasteiger charge is 2.22. The number of carbonyl (C=O) groups is 1. The molecule has 1 heterocycles. The minimum Gasteiger partial charge on any atom is -0.494 e. The molecule has 0 saturated carbocycles. The number of ether oxygens (including phenoxy) is 2. The van der Waals surface area contributed by atoms with Crippen molar-refractivity contribution in [2.24, 2.45) is 0 Å². The van der Waals surface area contributed by atoms with Crippen molar-refractivity contribution in [1.82, 2.24) is 4.98 Å². The number of methoxy groups -OCH3 is 1. The minimum absolute atomic E-state index is 0.0695. The summed E-state index contributed by atoms with van der Waals surface area (Å²) in [7, 11) is 1.63. The number of hydrogen-bond donors (Lipinski definition) is 0. The van der Waals surface area contributed by atoms with E-state index in [-0.39, 0.29) is 12.5 Å². The number of anilines is 1. The number of benzene rings is 3. The molecule has 33 heavy (non-hydrogen) atoms. The number of rotatable bonds is 8. The van der Waals surface area contributed by atoms with E-state index < -0.39 is 0 Å². The Morgan fingerprint density at radius 2 is 1.76 bits per heavy atom. The molecule has 0 bridgehead atoms. The van der Waals surface area contributed by atoms with E-state index in [1.54, 1.807) is 12.0 Å². The van der Waals surface area contributed by atoms with Gasteiger partial charge in [-0.3, -0.25) is 9.69 Å². The Kier molecular flexibility index (Phi) is 6.94. The van der Waals surface area contributed by atoms with Gasteiger partial charge >= 0.3 is 0 Å². The molecule has 0 aliphatic rings. The summed E-state index contributed by atoms with van der Waals surface area (Å²) >= 11 is 1.49. The molecule has 4 rings (SSSR count). The number of aryl methyl sites for hydroxylation is 1. The van der Waals surface area contributed by atoms with E-state index in [0.717, 1.165) is 21.3 Å². The van der Waals surface area contributed by atoms with E-state index in [1.807, 2.05) is 73.7 Å². The van der Waals surface area contributed by atoms with E-state index in [0.29, 0.717) is 29.1 Å². The third kappa shape index (κ3) is 5.17. The van der Waals surface area contributed by atoms with Crippen LogP contribution in [0.4, 0.5) is 5.13 Å². The van der Waals surface area contributed by atoms with E-state index in [9.17, 15) is 4.79 Å². The van der Waals surface area contributed by atoms with Gasteiger partial charge < -0.3 is 9.47 Å². The fourth-order valence-corrected chi connectivity index (χ4v) is 4.65. The number of nitrogens with zero attached hydrogens (tertiary/aromatic N) is 2. The van der Waals surface area contributed by atoms with Gasteiger partial charge in [-0.05, 0) is 47.7 Å². The molecule has 0 spiro atoms. The van der Waals surface area contributed by atoms with Gasteiger partial charge in [0.15, 0.2) is 11.7 Å². The van der Waals surface area contributed by atoms with Crippen LogP contribution in [0.1, 0.15) is 36.5 Å². The molecule has 0 saturated heterocycles. The van der Waals surface area contributed by atoms with Crippen LogP contribution in [0.3, 0.4) is 0 Å². The second-order valence-electron chi connectivity index (χ2n) is 8.24. The number of fused-ring (bicyclic) bond motifs is 1. The Hall–Kier alpha value is -3.38. The normalized spacial score (nSPS) is 11.1. The number of hydrogen-bond acceptors (Lipinski definition) is 5. The lowest BCUT2D eigenvalue weighted by atomic mass is 10.0. The second-order valence-corrected chi connectivity index (χ2v) is 9.21. The van der Waals surface area contributed by atoms with Gasteiger partial charge in [-0.2, -0.15) is 0 Å². The molecule has 0 radical (unpaired) electrons. The molecule has 1 aromatic heterocycles. The van der Waals surface area contributed by atoms with Crippen molar-refractivity contribution in [1.29, 1.82) is 0 Å². The highest BCUT2D eigenvalue weighted by molar-refractivity contribution is 7.22. The molecule has 3 aromatic carbocycles. The van der Waals surface area contributed by atoms with Crippen LogP contribution in [-0.4, -0.2) is 24.6 Å². The maximum atomic E-state index is 13.3. The summed E-state index contributed by atoms with van der Waals surface area (Å²) in [4.78, 5) is 19.8. The van der Waals surface area contributed by atoms with E-state index in [4.69, 9.17) is 14.5 Å². The zero-order valence-electron chi connectivity index (χ0n) is 19.4. The van der Waals surface area contributed by atoms with E-state index >= 15 is 0 Å². The van der Waals surface area contributed by atoms with Crippen LogP contribution in [0.25, 0.3) is 10.2 Å². The highest BCUT2D eigenvalue weighted by atomic mass is 32.1.